The van der Waals surface area contributed by atoms with Crippen molar-refractivity contribution < 1.29 is 18.4 Å². The summed E-state index contributed by atoms with van der Waals surface area (Å²) in [6, 6.07) is 12.0. The maximum atomic E-state index is 13.7. The van der Waals surface area contributed by atoms with Crippen molar-refractivity contribution in [2.45, 2.75) is 39.0 Å². The monoisotopic (exact) mass is 409 g/mol. The predicted octanol–water partition coefficient (Wildman–Crippen LogP) is 4.88. The molecular formula is C23H24FN3O3. The van der Waals surface area contributed by atoms with Gasteiger partial charge in [0.15, 0.2) is 5.82 Å². The van der Waals surface area contributed by atoms with Crippen LogP contribution in [0.25, 0.3) is 11.5 Å². The van der Waals surface area contributed by atoms with Crippen LogP contribution < -0.4 is 9.64 Å². The van der Waals surface area contributed by atoms with Gasteiger partial charge in [-0.05, 0) is 55.3 Å². The molecule has 1 aliphatic heterocycles. The summed E-state index contributed by atoms with van der Waals surface area (Å²) in [6.07, 6.45) is 2.36. The molecule has 2 heterocycles. The van der Waals surface area contributed by atoms with Gasteiger partial charge in [-0.3, -0.25) is 4.79 Å². The molecule has 6 nitrogen and oxygen atoms in total. The number of ether oxygens (including phenoxy) is 1. The first-order chi connectivity index (χ1) is 14.5. The molecule has 1 fully saturated rings. The summed E-state index contributed by atoms with van der Waals surface area (Å²) in [5.74, 6) is 1.05. The highest BCUT2D eigenvalue weighted by Gasteiger charge is 2.35. The number of carbonyl (C=O) groups excluding carboxylic acids is 1. The molecule has 1 aliphatic rings. The van der Waals surface area contributed by atoms with Gasteiger partial charge in [0, 0.05) is 30.1 Å². The molecule has 2 aromatic carbocycles. The van der Waals surface area contributed by atoms with Crippen molar-refractivity contribution in [2.75, 3.05) is 18.1 Å². The van der Waals surface area contributed by atoms with Crippen LogP contribution in [0, 0.1) is 12.7 Å². The Labute approximate surface area is 174 Å². The van der Waals surface area contributed by atoms with Crippen LogP contribution in [0.15, 0.2) is 47.0 Å². The maximum absolute atomic E-state index is 13.7. The number of anilines is 1. The van der Waals surface area contributed by atoms with Gasteiger partial charge in [0.25, 0.3) is 5.89 Å². The van der Waals surface area contributed by atoms with Gasteiger partial charge in [-0.25, -0.2) is 4.39 Å². The Hall–Kier alpha value is -3.22. The lowest BCUT2D eigenvalue weighted by Gasteiger charge is -2.18. The summed E-state index contributed by atoms with van der Waals surface area (Å²) in [6.45, 7) is 5.07. The van der Waals surface area contributed by atoms with E-state index in [0.717, 1.165) is 29.7 Å². The van der Waals surface area contributed by atoms with Crippen molar-refractivity contribution in [3.63, 3.8) is 0 Å². The molecule has 1 saturated heterocycles. The van der Waals surface area contributed by atoms with E-state index in [1.165, 1.54) is 12.1 Å². The van der Waals surface area contributed by atoms with Crippen molar-refractivity contribution in [1.82, 2.24) is 10.1 Å². The lowest BCUT2D eigenvalue weighted by Crippen LogP contribution is -2.25. The SMILES string of the molecule is CCCCOc1ccc(-c2nc(C3CC(=O)N(c4cc(F)ccc4C)C3)no2)cc1. The van der Waals surface area contributed by atoms with Crippen molar-refractivity contribution in [3.05, 3.63) is 59.7 Å². The largest absolute Gasteiger partial charge is 0.494 e. The maximum Gasteiger partial charge on any atom is 0.257 e. The van der Waals surface area contributed by atoms with Gasteiger partial charge in [-0.15, -0.1) is 0 Å². The molecule has 4 rings (SSSR count). The molecule has 1 atom stereocenters. The third kappa shape index (κ3) is 4.20. The topological polar surface area (TPSA) is 68.5 Å². The number of hydrogen-bond donors (Lipinski definition) is 0. The lowest BCUT2D eigenvalue weighted by atomic mass is 10.1. The summed E-state index contributed by atoms with van der Waals surface area (Å²) in [5, 5.41) is 4.09. The molecule has 3 aromatic rings. The fraction of sp³-hybridized carbons (Fsp3) is 0.348. The zero-order chi connectivity index (χ0) is 21.1. The Bertz CT molecular complexity index is 1030. The van der Waals surface area contributed by atoms with Gasteiger partial charge in [0.05, 0.1) is 6.61 Å². The Morgan fingerprint density at radius 1 is 1.23 bits per heavy atom. The summed E-state index contributed by atoms with van der Waals surface area (Å²) in [4.78, 5) is 18.6. The average molecular weight is 409 g/mol. The molecule has 1 amide bonds. The molecule has 0 radical (unpaired) electrons. The van der Waals surface area contributed by atoms with Gasteiger partial charge in [-0.2, -0.15) is 4.98 Å². The number of halogens is 1. The van der Waals surface area contributed by atoms with Gasteiger partial charge >= 0.3 is 0 Å². The van der Waals surface area contributed by atoms with Crippen molar-refractivity contribution in [2.24, 2.45) is 0 Å². The fourth-order valence-corrected chi connectivity index (χ4v) is 3.53. The molecular weight excluding hydrogens is 385 g/mol. The first kappa shape index (κ1) is 20.1. The van der Waals surface area contributed by atoms with Crippen LogP contribution in [0.4, 0.5) is 10.1 Å². The molecule has 30 heavy (non-hydrogen) atoms. The smallest absolute Gasteiger partial charge is 0.257 e. The first-order valence-electron chi connectivity index (χ1n) is 10.2. The quantitative estimate of drug-likeness (QED) is 0.520. The molecule has 156 valence electrons. The molecule has 7 heteroatoms. The third-order valence-electron chi connectivity index (χ3n) is 5.26. The molecule has 0 bridgehead atoms. The molecule has 0 N–H and O–H groups in total. The van der Waals surface area contributed by atoms with E-state index in [1.54, 1.807) is 11.0 Å². The van der Waals surface area contributed by atoms with Crippen LogP contribution in [0.2, 0.25) is 0 Å². The van der Waals surface area contributed by atoms with Gasteiger partial charge in [-0.1, -0.05) is 24.6 Å². The van der Waals surface area contributed by atoms with E-state index in [9.17, 15) is 9.18 Å². The van der Waals surface area contributed by atoms with Crippen LogP contribution in [0.1, 0.15) is 43.5 Å². The zero-order valence-corrected chi connectivity index (χ0v) is 17.1. The van der Waals surface area contributed by atoms with Gasteiger partial charge in [0.1, 0.15) is 11.6 Å². The number of amides is 1. The normalized spacial score (nSPS) is 16.3. The van der Waals surface area contributed by atoms with Gasteiger partial charge in [0.2, 0.25) is 5.91 Å². The minimum atomic E-state index is -0.365. The fourth-order valence-electron chi connectivity index (χ4n) is 3.53. The minimum Gasteiger partial charge on any atom is -0.494 e. The van der Waals surface area contributed by atoms with E-state index < -0.39 is 0 Å². The molecule has 1 aromatic heterocycles. The van der Waals surface area contributed by atoms with Crippen LogP contribution >= 0.6 is 0 Å². The first-order valence-corrected chi connectivity index (χ1v) is 10.2. The van der Waals surface area contributed by atoms with Crippen LogP contribution in [-0.2, 0) is 4.79 Å². The van der Waals surface area contributed by atoms with E-state index in [0.29, 0.717) is 30.6 Å². The second-order valence-electron chi connectivity index (χ2n) is 7.52. The Kier molecular flexibility index (Phi) is 5.79. The van der Waals surface area contributed by atoms with E-state index in [-0.39, 0.29) is 24.1 Å². The predicted molar refractivity (Wildman–Crippen MR) is 111 cm³/mol. The molecule has 0 saturated carbocycles. The van der Waals surface area contributed by atoms with E-state index in [1.807, 2.05) is 31.2 Å². The highest BCUT2D eigenvalue weighted by atomic mass is 19.1. The number of aromatic nitrogens is 2. The Balaban J connectivity index is 1.46. The highest BCUT2D eigenvalue weighted by molar-refractivity contribution is 5.97. The number of carbonyl (C=O) groups is 1. The number of aryl methyl sites for hydroxylation is 1. The van der Waals surface area contributed by atoms with Crippen molar-refractivity contribution in [3.8, 4) is 17.2 Å². The zero-order valence-electron chi connectivity index (χ0n) is 17.1. The van der Waals surface area contributed by atoms with Crippen LogP contribution in [-0.4, -0.2) is 29.2 Å². The highest BCUT2D eigenvalue weighted by Crippen LogP contribution is 2.33. The molecule has 0 spiro atoms. The number of hydrogen-bond acceptors (Lipinski definition) is 5. The van der Waals surface area contributed by atoms with Crippen molar-refractivity contribution in [1.29, 1.82) is 0 Å². The number of benzene rings is 2. The van der Waals surface area contributed by atoms with E-state index >= 15 is 0 Å². The van der Waals surface area contributed by atoms with E-state index in [4.69, 9.17) is 9.26 Å². The lowest BCUT2D eigenvalue weighted by molar-refractivity contribution is -0.117. The number of rotatable bonds is 7. The second kappa shape index (κ2) is 8.65. The third-order valence-corrected chi connectivity index (χ3v) is 5.26. The van der Waals surface area contributed by atoms with Crippen LogP contribution in [0.3, 0.4) is 0 Å². The molecule has 1 unspecified atom stereocenters. The molecule has 0 aliphatic carbocycles. The minimum absolute atomic E-state index is 0.0753. The second-order valence-corrected chi connectivity index (χ2v) is 7.52. The van der Waals surface area contributed by atoms with Crippen LogP contribution in [0.5, 0.6) is 5.75 Å². The van der Waals surface area contributed by atoms with Gasteiger partial charge < -0.3 is 14.2 Å². The summed E-state index contributed by atoms with van der Waals surface area (Å²) in [5.41, 5.74) is 2.23. The summed E-state index contributed by atoms with van der Waals surface area (Å²) in [7, 11) is 0. The average Bonchev–Trinajstić information content (AvgIpc) is 3.38. The Morgan fingerprint density at radius 2 is 2.03 bits per heavy atom. The summed E-state index contributed by atoms with van der Waals surface area (Å²) >= 11 is 0. The van der Waals surface area contributed by atoms with E-state index in [2.05, 4.69) is 17.1 Å². The number of nitrogens with zero attached hydrogens (tertiary/aromatic N) is 3. The standard InChI is InChI=1S/C23H24FN3O3/c1-3-4-11-29-19-9-6-16(7-10-19)23-25-22(26-30-23)17-12-21(28)27(14-17)20-13-18(24)8-5-15(20)2/h5-10,13,17H,3-4,11-12,14H2,1-2H3. The summed E-state index contributed by atoms with van der Waals surface area (Å²) < 4.78 is 24.8. The number of unbranched alkanes of at least 4 members (excludes halogenated alkanes) is 1. The Morgan fingerprint density at radius 3 is 2.80 bits per heavy atom. The van der Waals surface area contributed by atoms with Crippen molar-refractivity contribution >= 4 is 11.6 Å².